The third-order valence-corrected chi connectivity index (χ3v) is 5.99. The molecular formula is C29H31F2O3-. The maximum atomic E-state index is 12.6. The monoisotopic (exact) mass is 465 g/mol. The van der Waals surface area contributed by atoms with Gasteiger partial charge in [0.2, 0.25) is 0 Å². The third kappa shape index (κ3) is 7.41. The van der Waals surface area contributed by atoms with Gasteiger partial charge in [0, 0.05) is 5.56 Å². The van der Waals surface area contributed by atoms with Crippen LogP contribution in [-0.4, -0.2) is 12.6 Å². The van der Waals surface area contributed by atoms with Crippen LogP contribution in [0.5, 0.6) is 5.75 Å². The number of unbranched alkanes of at least 4 members (excludes halogenated alkanes) is 6. The van der Waals surface area contributed by atoms with Crippen molar-refractivity contribution < 1.29 is 23.4 Å². The Morgan fingerprint density at radius 3 is 1.94 bits per heavy atom. The van der Waals surface area contributed by atoms with E-state index in [4.69, 9.17) is 0 Å². The molecule has 0 heterocycles. The van der Waals surface area contributed by atoms with Gasteiger partial charge in [-0.2, -0.15) is 8.78 Å². The van der Waals surface area contributed by atoms with Gasteiger partial charge in [-0.3, -0.25) is 0 Å². The molecule has 0 aliphatic carbocycles. The molecule has 0 spiro atoms. The molecule has 0 unspecified atom stereocenters. The van der Waals surface area contributed by atoms with Crippen molar-refractivity contribution in [1.82, 2.24) is 0 Å². The summed E-state index contributed by atoms with van der Waals surface area (Å²) in [6.07, 6.45) is 10.1. The van der Waals surface area contributed by atoms with Crippen molar-refractivity contribution >= 4 is 5.97 Å². The number of hydrogen-bond donors (Lipinski definition) is 0. The minimum absolute atomic E-state index is 0.0796. The first-order valence-electron chi connectivity index (χ1n) is 12.0. The van der Waals surface area contributed by atoms with Crippen LogP contribution in [0.1, 0.15) is 67.8 Å². The summed E-state index contributed by atoms with van der Waals surface area (Å²) in [5, 5.41) is 11.5. The highest BCUT2D eigenvalue weighted by molar-refractivity contribution is 5.95. The summed E-state index contributed by atoms with van der Waals surface area (Å²) in [5.74, 6) is -1.48. The molecule has 0 saturated heterocycles. The van der Waals surface area contributed by atoms with Gasteiger partial charge in [0.05, 0.1) is 5.97 Å². The van der Waals surface area contributed by atoms with Gasteiger partial charge in [-0.25, -0.2) is 0 Å². The maximum Gasteiger partial charge on any atom is 0.387 e. The van der Waals surface area contributed by atoms with Crippen LogP contribution in [0.2, 0.25) is 0 Å². The van der Waals surface area contributed by atoms with Gasteiger partial charge in [0.1, 0.15) is 5.75 Å². The fraction of sp³-hybridized carbons (Fsp3) is 0.345. The molecule has 0 N–H and O–H groups in total. The van der Waals surface area contributed by atoms with E-state index in [9.17, 15) is 18.7 Å². The maximum absolute atomic E-state index is 12.6. The average molecular weight is 466 g/mol. The average Bonchev–Trinajstić information content (AvgIpc) is 2.83. The minimum atomic E-state index is -2.99. The first-order valence-corrected chi connectivity index (χ1v) is 12.0. The molecule has 0 aromatic heterocycles. The lowest BCUT2D eigenvalue weighted by Crippen LogP contribution is -2.23. The Balaban J connectivity index is 1.65. The van der Waals surface area contributed by atoms with Crippen LogP contribution in [0.25, 0.3) is 22.3 Å². The topological polar surface area (TPSA) is 49.4 Å². The van der Waals surface area contributed by atoms with Crippen molar-refractivity contribution in [2.75, 3.05) is 0 Å². The lowest BCUT2D eigenvalue weighted by atomic mass is 9.96. The van der Waals surface area contributed by atoms with Gasteiger partial charge >= 0.3 is 6.61 Å². The van der Waals surface area contributed by atoms with Gasteiger partial charge in [-0.05, 0) is 58.9 Å². The smallest absolute Gasteiger partial charge is 0.387 e. The van der Waals surface area contributed by atoms with E-state index in [1.54, 1.807) is 12.1 Å². The van der Waals surface area contributed by atoms with E-state index in [1.807, 2.05) is 12.1 Å². The lowest BCUT2D eigenvalue weighted by molar-refractivity contribution is -0.254. The van der Waals surface area contributed by atoms with E-state index in [0.29, 0.717) is 5.56 Å². The molecule has 0 saturated carbocycles. The second kappa shape index (κ2) is 12.9. The van der Waals surface area contributed by atoms with Crippen LogP contribution in [0.15, 0.2) is 66.7 Å². The number of benzene rings is 3. The van der Waals surface area contributed by atoms with Crippen LogP contribution in [-0.2, 0) is 6.42 Å². The van der Waals surface area contributed by atoms with Gasteiger partial charge in [0.25, 0.3) is 0 Å². The molecule has 0 bridgehead atoms. The zero-order chi connectivity index (χ0) is 24.3. The van der Waals surface area contributed by atoms with E-state index >= 15 is 0 Å². The number of carbonyl (C=O) groups excluding carboxylic acids is 1. The highest BCUT2D eigenvalue weighted by Gasteiger charge is 2.11. The number of carboxylic acid groups (broad SMARTS) is 1. The summed E-state index contributed by atoms with van der Waals surface area (Å²) in [5.41, 5.74) is 4.14. The van der Waals surface area contributed by atoms with Crippen molar-refractivity contribution in [3.05, 3.63) is 77.9 Å². The summed E-state index contributed by atoms with van der Waals surface area (Å²) < 4.78 is 29.6. The van der Waals surface area contributed by atoms with E-state index in [0.717, 1.165) is 17.5 Å². The predicted molar refractivity (Wildman–Crippen MR) is 130 cm³/mol. The Morgan fingerprint density at radius 2 is 1.35 bits per heavy atom. The number of alkyl halides is 2. The number of carboxylic acids is 1. The Bertz CT molecular complexity index is 1040. The lowest BCUT2D eigenvalue weighted by Gasteiger charge is -2.14. The highest BCUT2D eigenvalue weighted by Crippen LogP contribution is 2.31. The second-order valence-corrected chi connectivity index (χ2v) is 8.52. The molecule has 3 nitrogen and oxygen atoms in total. The number of halogens is 2. The number of ether oxygens (including phenoxy) is 1. The first kappa shape index (κ1) is 25.4. The fourth-order valence-corrected chi connectivity index (χ4v) is 4.11. The Morgan fingerprint density at radius 1 is 0.794 bits per heavy atom. The fourth-order valence-electron chi connectivity index (χ4n) is 4.11. The summed E-state index contributed by atoms with van der Waals surface area (Å²) in [4.78, 5) is 11.5. The second-order valence-electron chi connectivity index (χ2n) is 8.52. The van der Waals surface area contributed by atoms with E-state index in [1.165, 1.54) is 68.7 Å². The molecule has 0 atom stereocenters. The van der Waals surface area contributed by atoms with Crippen LogP contribution < -0.4 is 9.84 Å². The summed E-state index contributed by atoms with van der Waals surface area (Å²) in [7, 11) is 0. The molecule has 0 aliphatic rings. The van der Waals surface area contributed by atoms with Crippen molar-refractivity contribution in [2.45, 2.75) is 64.9 Å². The minimum Gasteiger partial charge on any atom is -0.545 e. The molecule has 3 aromatic carbocycles. The SMILES string of the molecule is CCCCCCCCCc1ccc(-c2ccc(-c3cc(OC(F)F)ccc3C(=O)[O-])cc2)cc1. The van der Waals surface area contributed by atoms with E-state index in [-0.39, 0.29) is 16.9 Å². The molecule has 3 rings (SSSR count). The van der Waals surface area contributed by atoms with E-state index < -0.39 is 12.6 Å². The first-order chi connectivity index (χ1) is 16.5. The Kier molecular flexibility index (Phi) is 9.62. The molecule has 0 amide bonds. The molecule has 3 aromatic rings. The third-order valence-electron chi connectivity index (χ3n) is 5.99. The number of carbonyl (C=O) groups is 1. The van der Waals surface area contributed by atoms with Crippen molar-refractivity contribution in [2.24, 2.45) is 0 Å². The largest absolute Gasteiger partial charge is 0.545 e. The predicted octanol–water partition coefficient (Wildman–Crippen LogP) is 7.28. The van der Waals surface area contributed by atoms with Gasteiger partial charge in [-0.1, -0.05) is 94.0 Å². The van der Waals surface area contributed by atoms with Crippen LogP contribution in [0, 0.1) is 0 Å². The summed E-state index contributed by atoms with van der Waals surface area (Å²) in [6, 6.07) is 19.5. The standard InChI is InChI=1S/C29H32F2O3/c1-2-3-4-5-6-7-8-9-21-10-12-22(13-11-21)23-14-16-24(17-15-23)27-20-25(34-29(30)31)18-19-26(27)28(32)33/h10-20,29H,2-9H2,1H3,(H,32,33)/p-1. The molecule has 34 heavy (non-hydrogen) atoms. The van der Waals surface area contributed by atoms with Crippen LogP contribution >= 0.6 is 0 Å². The summed E-state index contributed by atoms with van der Waals surface area (Å²) in [6.45, 7) is -0.754. The number of aryl methyl sites for hydroxylation is 1. The Hall–Kier alpha value is -3.21. The van der Waals surface area contributed by atoms with Gasteiger partial charge < -0.3 is 14.6 Å². The van der Waals surface area contributed by atoms with Gasteiger partial charge in [-0.15, -0.1) is 0 Å². The normalized spacial score (nSPS) is 11.1. The zero-order valence-electron chi connectivity index (χ0n) is 19.6. The van der Waals surface area contributed by atoms with Crippen molar-refractivity contribution in [1.29, 1.82) is 0 Å². The Labute approximate surface area is 200 Å². The van der Waals surface area contributed by atoms with Crippen molar-refractivity contribution in [3.8, 4) is 28.0 Å². The van der Waals surface area contributed by atoms with Crippen LogP contribution in [0.3, 0.4) is 0 Å². The zero-order valence-corrected chi connectivity index (χ0v) is 19.6. The van der Waals surface area contributed by atoms with Crippen molar-refractivity contribution in [3.63, 3.8) is 0 Å². The molecule has 0 radical (unpaired) electrons. The highest BCUT2D eigenvalue weighted by atomic mass is 19.3. The number of rotatable bonds is 13. The number of hydrogen-bond acceptors (Lipinski definition) is 3. The summed E-state index contributed by atoms with van der Waals surface area (Å²) >= 11 is 0. The molecular weight excluding hydrogens is 434 g/mol. The molecule has 0 aliphatic heterocycles. The van der Waals surface area contributed by atoms with Crippen LogP contribution in [0.4, 0.5) is 8.78 Å². The molecule has 5 heteroatoms. The van der Waals surface area contributed by atoms with E-state index in [2.05, 4.69) is 35.9 Å². The van der Waals surface area contributed by atoms with Gasteiger partial charge in [0.15, 0.2) is 0 Å². The molecule has 0 fully saturated rings. The molecule has 180 valence electrons. The number of aromatic carboxylic acids is 1. The quantitative estimate of drug-likeness (QED) is 0.249.